The number of nitrogens with zero attached hydrogens (tertiary/aromatic N) is 1. The van der Waals surface area contributed by atoms with E-state index in [9.17, 15) is 4.79 Å². The van der Waals surface area contributed by atoms with Gasteiger partial charge in [0.1, 0.15) is 5.75 Å². The van der Waals surface area contributed by atoms with Crippen LogP contribution in [0.5, 0.6) is 5.75 Å². The highest BCUT2D eigenvalue weighted by atomic mass is 35.5. The molecule has 4 heteroatoms. The number of hydrogen-bond donors (Lipinski definition) is 0. The molecule has 0 amide bonds. The number of benzene rings is 1. The first kappa shape index (κ1) is 11.6. The summed E-state index contributed by atoms with van der Waals surface area (Å²) < 4.78 is 5.35. The summed E-state index contributed by atoms with van der Waals surface area (Å²) in [6, 6.07) is 10.2. The van der Waals surface area contributed by atoms with E-state index in [1.54, 1.807) is 48.8 Å². The third-order valence-corrected chi connectivity index (χ3v) is 2.44. The molecule has 0 aliphatic heterocycles. The average Bonchev–Trinajstić information content (AvgIpc) is 2.39. The summed E-state index contributed by atoms with van der Waals surface area (Å²) >= 11 is 5.74. The van der Waals surface area contributed by atoms with Crippen molar-refractivity contribution in [2.24, 2.45) is 0 Å². The molecule has 0 N–H and O–H groups in total. The van der Waals surface area contributed by atoms with Crippen molar-refractivity contribution in [2.75, 3.05) is 6.61 Å². The molecule has 2 rings (SSSR count). The zero-order chi connectivity index (χ0) is 12.1. The SMILES string of the molecule is O=C(COc1ccc(Cl)cc1)c1ccncc1. The lowest BCUT2D eigenvalue weighted by Crippen LogP contribution is -2.11. The molecule has 0 saturated heterocycles. The standard InChI is InChI=1S/C13H10ClNO2/c14-11-1-3-12(4-2-11)17-9-13(16)10-5-7-15-8-6-10/h1-8H,9H2. The minimum atomic E-state index is -0.0812. The van der Waals surface area contributed by atoms with Crippen molar-refractivity contribution in [1.29, 1.82) is 0 Å². The molecule has 0 bridgehead atoms. The van der Waals surface area contributed by atoms with E-state index in [0.29, 0.717) is 16.3 Å². The molecule has 0 unspecified atom stereocenters. The Hall–Kier alpha value is -1.87. The van der Waals surface area contributed by atoms with Gasteiger partial charge in [-0.15, -0.1) is 0 Å². The lowest BCUT2D eigenvalue weighted by Gasteiger charge is -2.05. The number of aromatic nitrogens is 1. The van der Waals surface area contributed by atoms with Gasteiger partial charge in [0.2, 0.25) is 0 Å². The van der Waals surface area contributed by atoms with E-state index in [2.05, 4.69) is 4.98 Å². The van der Waals surface area contributed by atoms with Gasteiger partial charge in [0, 0.05) is 23.0 Å². The van der Waals surface area contributed by atoms with Crippen molar-refractivity contribution >= 4 is 17.4 Å². The largest absolute Gasteiger partial charge is 0.485 e. The van der Waals surface area contributed by atoms with E-state index in [4.69, 9.17) is 16.3 Å². The number of ether oxygens (including phenoxy) is 1. The zero-order valence-electron chi connectivity index (χ0n) is 8.97. The molecule has 86 valence electrons. The zero-order valence-corrected chi connectivity index (χ0v) is 9.72. The fourth-order valence-corrected chi connectivity index (χ4v) is 1.43. The van der Waals surface area contributed by atoms with E-state index in [1.807, 2.05) is 0 Å². The van der Waals surface area contributed by atoms with E-state index in [-0.39, 0.29) is 12.4 Å². The monoisotopic (exact) mass is 247 g/mol. The summed E-state index contributed by atoms with van der Waals surface area (Å²) in [4.78, 5) is 15.6. The van der Waals surface area contributed by atoms with E-state index in [1.165, 1.54) is 0 Å². The van der Waals surface area contributed by atoms with Crippen LogP contribution in [-0.2, 0) is 0 Å². The molecular formula is C13H10ClNO2. The molecule has 0 aliphatic carbocycles. The molecular weight excluding hydrogens is 238 g/mol. The second-order valence-electron chi connectivity index (χ2n) is 3.40. The number of carbonyl (C=O) groups is 1. The third kappa shape index (κ3) is 3.29. The summed E-state index contributed by atoms with van der Waals surface area (Å²) in [5, 5.41) is 0.637. The van der Waals surface area contributed by atoms with Crippen LogP contribution in [0.25, 0.3) is 0 Å². The highest BCUT2D eigenvalue weighted by molar-refractivity contribution is 6.30. The Balaban J connectivity index is 1.95. The Morgan fingerprint density at radius 3 is 2.41 bits per heavy atom. The summed E-state index contributed by atoms with van der Waals surface area (Å²) in [6.07, 6.45) is 3.16. The van der Waals surface area contributed by atoms with E-state index < -0.39 is 0 Å². The predicted octanol–water partition coefficient (Wildman–Crippen LogP) is 3.00. The summed E-state index contributed by atoms with van der Waals surface area (Å²) in [6.45, 7) is 0.00560. The number of pyridine rings is 1. The van der Waals surface area contributed by atoms with Crippen LogP contribution in [0.15, 0.2) is 48.8 Å². The maximum absolute atomic E-state index is 11.7. The van der Waals surface area contributed by atoms with Crippen molar-refractivity contribution in [1.82, 2.24) is 4.98 Å². The second-order valence-corrected chi connectivity index (χ2v) is 3.84. The second kappa shape index (κ2) is 5.46. The Bertz CT molecular complexity index is 497. The molecule has 0 radical (unpaired) electrons. The van der Waals surface area contributed by atoms with Gasteiger partial charge in [-0.1, -0.05) is 11.6 Å². The van der Waals surface area contributed by atoms with Crippen molar-refractivity contribution in [2.45, 2.75) is 0 Å². The molecule has 1 aromatic carbocycles. The fraction of sp³-hybridized carbons (Fsp3) is 0.0769. The van der Waals surface area contributed by atoms with Gasteiger partial charge in [-0.25, -0.2) is 0 Å². The van der Waals surface area contributed by atoms with Crippen molar-refractivity contribution in [3.63, 3.8) is 0 Å². The molecule has 2 aromatic rings. The average molecular weight is 248 g/mol. The Morgan fingerprint density at radius 2 is 1.76 bits per heavy atom. The lowest BCUT2D eigenvalue weighted by atomic mass is 10.2. The van der Waals surface area contributed by atoms with Crippen LogP contribution in [0.4, 0.5) is 0 Å². The van der Waals surface area contributed by atoms with Crippen LogP contribution in [-0.4, -0.2) is 17.4 Å². The normalized spacial score (nSPS) is 9.94. The number of halogens is 1. The van der Waals surface area contributed by atoms with Gasteiger partial charge in [-0.2, -0.15) is 0 Å². The highest BCUT2D eigenvalue weighted by Gasteiger charge is 2.05. The first-order valence-electron chi connectivity index (χ1n) is 5.07. The van der Waals surface area contributed by atoms with Crippen molar-refractivity contribution in [3.05, 3.63) is 59.4 Å². The summed E-state index contributed by atoms with van der Waals surface area (Å²) in [7, 11) is 0. The van der Waals surface area contributed by atoms with Crippen LogP contribution in [0.2, 0.25) is 5.02 Å². The van der Waals surface area contributed by atoms with Gasteiger partial charge in [-0.05, 0) is 36.4 Å². The van der Waals surface area contributed by atoms with Crippen LogP contribution in [0.3, 0.4) is 0 Å². The number of rotatable bonds is 4. The van der Waals surface area contributed by atoms with Gasteiger partial charge >= 0.3 is 0 Å². The van der Waals surface area contributed by atoms with Crippen LogP contribution in [0, 0.1) is 0 Å². The van der Waals surface area contributed by atoms with E-state index >= 15 is 0 Å². The van der Waals surface area contributed by atoms with Crippen LogP contribution >= 0.6 is 11.6 Å². The van der Waals surface area contributed by atoms with Gasteiger partial charge < -0.3 is 4.74 Å². The molecule has 1 aromatic heterocycles. The van der Waals surface area contributed by atoms with Crippen LogP contribution in [0.1, 0.15) is 10.4 Å². The van der Waals surface area contributed by atoms with Gasteiger partial charge in [0.15, 0.2) is 12.4 Å². The Kier molecular flexibility index (Phi) is 3.73. The molecule has 0 aliphatic rings. The highest BCUT2D eigenvalue weighted by Crippen LogP contribution is 2.15. The quantitative estimate of drug-likeness (QED) is 0.780. The number of carbonyl (C=O) groups excluding carboxylic acids is 1. The van der Waals surface area contributed by atoms with Gasteiger partial charge in [-0.3, -0.25) is 9.78 Å². The molecule has 3 nitrogen and oxygen atoms in total. The first-order chi connectivity index (χ1) is 8.25. The van der Waals surface area contributed by atoms with Gasteiger partial charge in [0.05, 0.1) is 0 Å². The van der Waals surface area contributed by atoms with Crippen LogP contribution < -0.4 is 4.74 Å². The summed E-state index contributed by atoms with van der Waals surface area (Å²) in [5.41, 5.74) is 0.592. The molecule has 0 fully saturated rings. The number of Topliss-reactive ketones (excluding diaryl/α,β-unsaturated/α-hetero) is 1. The van der Waals surface area contributed by atoms with Gasteiger partial charge in [0.25, 0.3) is 0 Å². The minimum absolute atomic E-state index is 0.00560. The number of hydrogen-bond acceptors (Lipinski definition) is 3. The number of ketones is 1. The molecule has 0 atom stereocenters. The lowest BCUT2D eigenvalue weighted by molar-refractivity contribution is 0.0921. The molecule has 17 heavy (non-hydrogen) atoms. The smallest absolute Gasteiger partial charge is 0.200 e. The molecule has 1 heterocycles. The topological polar surface area (TPSA) is 39.2 Å². The maximum Gasteiger partial charge on any atom is 0.200 e. The summed E-state index contributed by atoms with van der Waals surface area (Å²) in [5.74, 6) is 0.541. The fourth-order valence-electron chi connectivity index (χ4n) is 1.30. The minimum Gasteiger partial charge on any atom is -0.485 e. The Morgan fingerprint density at radius 1 is 1.12 bits per heavy atom. The predicted molar refractivity (Wildman–Crippen MR) is 65.5 cm³/mol. The maximum atomic E-state index is 11.7. The first-order valence-corrected chi connectivity index (χ1v) is 5.45. The molecule has 0 saturated carbocycles. The molecule has 0 spiro atoms. The van der Waals surface area contributed by atoms with E-state index in [0.717, 1.165) is 0 Å². The Labute approximate surface area is 104 Å². The third-order valence-electron chi connectivity index (χ3n) is 2.19. The van der Waals surface area contributed by atoms with Crippen molar-refractivity contribution < 1.29 is 9.53 Å². The van der Waals surface area contributed by atoms with Crippen molar-refractivity contribution in [3.8, 4) is 5.75 Å².